The van der Waals surface area contributed by atoms with Gasteiger partial charge in [-0.2, -0.15) is 0 Å². The molecule has 0 aliphatic rings. The summed E-state index contributed by atoms with van der Waals surface area (Å²) in [5.74, 6) is 0. The van der Waals surface area contributed by atoms with Crippen LogP contribution in [-0.2, 0) is 0 Å². The number of rotatable bonds is 2. The Morgan fingerprint density at radius 3 is 1.57 bits per heavy atom. The van der Waals surface area contributed by atoms with Crippen molar-refractivity contribution in [1.82, 2.24) is 0 Å². The Labute approximate surface area is 108 Å². The fourth-order valence-electron chi connectivity index (χ4n) is 1.02. The molecule has 0 fully saturated rings. The molecule has 0 atom stereocenters. The SMILES string of the molecule is Brc1sccc1/C=C/c1ccsc1Br. The van der Waals surface area contributed by atoms with Crippen molar-refractivity contribution in [2.24, 2.45) is 0 Å². The summed E-state index contributed by atoms with van der Waals surface area (Å²) in [7, 11) is 0. The molecule has 0 unspecified atom stereocenters. The zero-order chi connectivity index (χ0) is 9.97. The molecular weight excluding hydrogens is 344 g/mol. The van der Waals surface area contributed by atoms with Crippen LogP contribution in [0.5, 0.6) is 0 Å². The smallest absolute Gasteiger partial charge is 0.0770 e. The van der Waals surface area contributed by atoms with E-state index in [0.717, 1.165) is 0 Å². The molecule has 0 N–H and O–H groups in total. The van der Waals surface area contributed by atoms with Crippen LogP contribution >= 0.6 is 54.5 Å². The van der Waals surface area contributed by atoms with Gasteiger partial charge in [0.2, 0.25) is 0 Å². The first-order chi connectivity index (χ1) is 6.77. The molecule has 0 aliphatic heterocycles. The molecular formula is C10H6Br2S2. The third-order valence-corrected chi connectivity index (χ3v) is 5.20. The molecule has 4 heteroatoms. The van der Waals surface area contributed by atoms with Gasteiger partial charge in [-0.1, -0.05) is 12.2 Å². The maximum Gasteiger partial charge on any atom is 0.0770 e. The van der Waals surface area contributed by atoms with E-state index in [4.69, 9.17) is 0 Å². The van der Waals surface area contributed by atoms with Crippen molar-refractivity contribution >= 4 is 66.7 Å². The quantitative estimate of drug-likeness (QED) is 0.671. The van der Waals surface area contributed by atoms with E-state index in [2.05, 4.69) is 66.9 Å². The zero-order valence-corrected chi connectivity index (χ0v) is 11.8. The minimum absolute atomic E-state index is 1.18. The van der Waals surface area contributed by atoms with E-state index < -0.39 is 0 Å². The Morgan fingerprint density at radius 1 is 0.857 bits per heavy atom. The van der Waals surface area contributed by atoms with Crippen LogP contribution in [0.15, 0.2) is 30.5 Å². The topological polar surface area (TPSA) is 0 Å². The van der Waals surface area contributed by atoms with Crippen molar-refractivity contribution in [2.45, 2.75) is 0 Å². The first-order valence-electron chi connectivity index (χ1n) is 3.91. The van der Waals surface area contributed by atoms with Gasteiger partial charge in [-0.3, -0.25) is 0 Å². The predicted octanol–water partition coefficient (Wildman–Crippen LogP) is 5.51. The van der Waals surface area contributed by atoms with E-state index in [0.29, 0.717) is 0 Å². The summed E-state index contributed by atoms with van der Waals surface area (Å²) in [4.78, 5) is 0. The second-order valence-corrected chi connectivity index (χ2v) is 7.10. The highest BCUT2D eigenvalue weighted by Crippen LogP contribution is 2.28. The van der Waals surface area contributed by atoms with Crippen LogP contribution in [0.2, 0.25) is 0 Å². The van der Waals surface area contributed by atoms with Crippen molar-refractivity contribution < 1.29 is 0 Å². The summed E-state index contributed by atoms with van der Waals surface area (Å²) in [6.07, 6.45) is 4.24. The average Bonchev–Trinajstić information content (AvgIpc) is 2.72. The van der Waals surface area contributed by atoms with Gasteiger partial charge in [0.15, 0.2) is 0 Å². The second kappa shape index (κ2) is 4.75. The van der Waals surface area contributed by atoms with Crippen LogP contribution < -0.4 is 0 Å². The Kier molecular flexibility index (Phi) is 3.60. The van der Waals surface area contributed by atoms with Crippen LogP contribution in [0, 0.1) is 0 Å². The van der Waals surface area contributed by atoms with E-state index >= 15 is 0 Å². The Bertz CT molecular complexity index is 412. The van der Waals surface area contributed by atoms with E-state index in [1.54, 1.807) is 22.7 Å². The van der Waals surface area contributed by atoms with Gasteiger partial charge in [0.25, 0.3) is 0 Å². The van der Waals surface area contributed by atoms with Crippen LogP contribution in [0.25, 0.3) is 12.2 Å². The van der Waals surface area contributed by atoms with Crippen molar-refractivity contribution in [3.63, 3.8) is 0 Å². The summed E-state index contributed by atoms with van der Waals surface area (Å²) in [6.45, 7) is 0. The Morgan fingerprint density at radius 2 is 1.29 bits per heavy atom. The zero-order valence-electron chi connectivity index (χ0n) is 7.04. The molecule has 14 heavy (non-hydrogen) atoms. The van der Waals surface area contributed by atoms with E-state index in [9.17, 15) is 0 Å². The van der Waals surface area contributed by atoms with E-state index in [1.807, 2.05) is 0 Å². The molecule has 0 nitrogen and oxygen atoms in total. The Hall–Kier alpha value is 0.1000. The lowest BCUT2D eigenvalue weighted by atomic mass is 10.2. The summed E-state index contributed by atoms with van der Waals surface area (Å²) in [5.41, 5.74) is 2.46. The van der Waals surface area contributed by atoms with Gasteiger partial charge in [0.05, 0.1) is 7.57 Å². The summed E-state index contributed by atoms with van der Waals surface area (Å²) in [6, 6.07) is 4.21. The fraction of sp³-hybridized carbons (Fsp3) is 0. The second-order valence-electron chi connectivity index (χ2n) is 2.63. The standard InChI is InChI=1S/C10H6Br2S2/c11-9-7(3-5-13-9)1-2-8-4-6-14-10(8)12/h1-6H/b2-1+. The molecule has 2 aromatic heterocycles. The van der Waals surface area contributed by atoms with Crippen molar-refractivity contribution in [1.29, 1.82) is 0 Å². The molecule has 0 saturated carbocycles. The highest BCUT2D eigenvalue weighted by Gasteiger charge is 1.98. The molecule has 0 bridgehead atoms. The van der Waals surface area contributed by atoms with Gasteiger partial charge in [0, 0.05) is 0 Å². The molecule has 0 spiro atoms. The normalized spacial score (nSPS) is 11.3. The van der Waals surface area contributed by atoms with Gasteiger partial charge < -0.3 is 0 Å². The maximum absolute atomic E-state index is 3.51. The first-order valence-corrected chi connectivity index (χ1v) is 7.26. The lowest BCUT2D eigenvalue weighted by molar-refractivity contribution is 1.80. The molecule has 0 aromatic carbocycles. The average molecular weight is 350 g/mol. The molecule has 0 amide bonds. The summed E-state index contributed by atoms with van der Waals surface area (Å²) < 4.78 is 2.36. The van der Waals surface area contributed by atoms with Crippen LogP contribution in [-0.4, -0.2) is 0 Å². The van der Waals surface area contributed by atoms with Crippen molar-refractivity contribution in [3.05, 3.63) is 41.6 Å². The van der Waals surface area contributed by atoms with Gasteiger partial charge in [-0.15, -0.1) is 22.7 Å². The summed E-state index contributed by atoms with van der Waals surface area (Å²) in [5, 5.41) is 4.15. The lowest BCUT2D eigenvalue weighted by Gasteiger charge is -1.89. The molecule has 0 radical (unpaired) electrons. The van der Waals surface area contributed by atoms with Gasteiger partial charge in [-0.25, -0.2) is 0 Å². The molecule has 2 aromatic rings. The van der Waals surface area contributed by atoms with Crippen LogP contribution in [0.1, 0.15) is 11.1 Å². The van der Waals surface area contributed by atoms with E-state index in [-0.39, 0.29) is 0 Å². The van der Waals surface area contributed by atoms with Crippen LogP contribution in [0.4, 0.5) is 0 Å². The van der Waals surface area contributed by atoms with Crippen LogP contribution in [0.3, 0.4) is 0 Å². The predicted molar refractivity (Wildman–Crippen MR) is 73.0 cm³/mol. The Balaban J connectivity index is 2.23. The minimum Gasteiger partial charge on any atom is -0.136 e. The molecule has 2 heterocycles. The minimum atomic E-state index is 1.18. The summed E-state index contributed by atoms with van der Waals surface area (Å²) >= 11 is 10.4. The number of halogens is 2. The monoisotopic (exact) mass is 348 g/mol. The van der Waals surface area contributed by atoms with Gasteiger partial charge in [0.1, 0.15) is 0 Å². The first kappa shape index (κ1) is 10.6. The van der Waals surface area contributed by atoms with Gasteiger partial charge in [-0.05, 0) is 65.9 Å². The highest BCUT2D eigenvalue weighted by atomic mass is 79.9. The fourth-order valence-corrected chi connectivity index (χ4v) is 3.41. The molecule has 0 aliphatic carbocycles. The van der Waals surface area contributed by atoms with E-state index in [1.165, 1.54) is 18.7 Å². The largest absolute Gasteiger partial charge is 0.136 e. The molecule has 72 valence electrons. The maximum atomic E-state index is 3.51. The van der Waals surface area contributed by atoms with Gasteiger partial charge >= 0.3 is 0 Å². The molecule has 0 saturated heterocycles. The third-order valence-electron chi connectivity index (χ3n) is 1.73. The highest BCUT2D eigenvalue weighted by molar-refractivity contribution is 9.11. The van der Waals surface area contributed by atoms with Crippen molar-refractivity contribution in [3.8, 4) is 0 Å². The van der Waals surface area contributed by atoms with Crippen molar-refractivity contribution in [2.75, 3.05) is 0 Å². The third kappa shape index (κ3) is 2.37. The number of hydrogen-bond acceptors (Lipinski definition) is 2. The number of hydrogen-bond donors (Lipinski definition) is 0. The number of thiophene rings is 2. The molecule has 2 rings (SSSR count). The lowest BCUT2D eigenvalue weighted by Crippen LogP contribution is -1.65.